The van der Waals surface area contributed by atoms with E-state index in [-0.39, 0.29) is 5.78 Å². The summed E-state index contributed by atoms with van der Waals surface area (Å²) in [6.45, 7) is 0. The molecule has 0 saturated carbocycles. The number of anilines is 1. The lowest BCUT2D eigenvalue weighted by atomic mass is 10.1. The van der Waals surface area contributed by atoms with Crippen LogP contribution in [-0.4, -0.2) is 12.9 Å². The summed E-state index contributed by atoms with van der Waals surface area (Å²) in [7, 11) is 1.58. The lowest BCUT2D eigenvalue weighted by Gasteiger charge is -2.01. The van der Waals surface area contributed by atoms with Gasteiger partial charge in [-0.25, -0.2) is 0 Å². The van der Waals surface area contributed by atoms with Crippen molar-refractivity contribution in [2.24, 2.45) is 0 Å². The number of ketones is 1. The van der Waals surface area contributed by atoms with Crippen molar-refractivity contribution in [3.05, 3.63) is 65.7 Å². The van der Waals surface area contributed by atoms with Crippen LogP contribution in [0.4, 0.5) is 5.69 Å². The second kappa shape index (κ2) is 5.87. The molecule has 2 aromatic rings. The second-order valence-corrected chi connectivity index (χ2v) is 4.10. The Morgan fingerprint density at radius 2 is 1.89 bits per heavy atom. The Morgan fingerprint density at radius 1 is 1.16 bits per heavy atom. The van der Waals surface area contributed by atoms with Gasteiger partial charge in [0.15, 0.2) is 5.78 Å². The third-order valence-corrected chi connectivity index (χ3v) is 2.72. The number of methoxy groups -OCH3 is 1. The zero-order valence-electron chi connectivity index (χ0n) is 10.7. The molecule has 0 unspecified atom stereocenters. The molecule has 0 aliphatic rings. The smallest absolute Gasteiger partial charge is 0.185 e. The molecule has 2 rings (SSSR count). The molecule has 0 bridgehead atoms. The van der Waals surface area contributed by atoms with Gasteiger partial charge in [0, 0.05) is 11.3 Å². The number of ether oxygens (including phenoxy) is 1. The van der Waals surface area contributed by atoms with Crippen LogP contribution in [0.2, 0.25) is 0 Å². The number of nitrogens with two attached hydrogens (primary N) is 1. The number of nitrogen functional groups attached to an aromatic ring is 1. The number of hydrogen-bond donors (Lipinski definition) is 1. The Balaban J connectivity index is 2.13. The van der Waals surface area contributed by atoms with E-state index in [1.54, 1.807) is 55.7 Å². The molecule has 2 N–H and O–H groups in total. The van der Waals surface area contributed by atoms with Crippen LogP contribution in [0.5, 0.6) is 5.75 Å². The molecule has 19 heavy (non-hydrogen) atoms. The molecule has 0 aromatic heterocycles. The molecule has 0 spiro atoms. The summed E-state index contributed by atoms with van der Waals surface area (Å²) in [5.74, 6) is 0.613. The van der Waals surface area contributed by atoms with Crippen molar-refractivity contribution in [1.29, 1.82) is 0 Å². The highest BCUT2D eigenvalue weighted by atomic mass is 16.5. The fraction of sp³-hybridized carbons (Fsp3) is 0.0625. The zero-order valence-corrected chi connectivity index (χ0v) is 10.7. The lowest BCUT2D eigenvalue weighted by molar-refractivity contribution is 0.104. The number of benzene rings is 2. The Hall–Kier alpha value is -2.55. The molecule has 0 fully saturated rings. The average molecular weight is 253 g/mol. The van der Waals surface area contributed by atoms with Crippen molar-refractivity contribution < 1.29 is 9.53 Å². The Morgan fingerprint density at radius 3 is 2.58 bits per heavy atom. The topological polar surface area (TPSA) is 52.3 Å². The highest BCUT2D eigenvalue weighted by Gasteiger charge is 2.02. The highest BCUT2D eigenvalue weighted by Crippen LogP contribution is 2.14. The van der Waals surface area contributed by atoms with Crippen molar-refractivity contribution in [2.45, 2.75) is 0 Å². The van der Waals surface area contributed by atoms with Crippen molar-refractivity contribution in [2.75, 3.05) is 12.8 Å². The maximum Gasteiger partial charge on any atom is 0.185 e. The van der Waals surface area contributed by atoms with E-state index in [1.165, 1.54) is 0 Å². The van der Waals surface area contributed by atoms with Crippen LogP contribution in [-0.2, 0) is 0 Å². The standard InChI is InChI=1S/C16H15NO2/c1-19-15-4-2-3-13(11-15)16(18)10-7-12-5-8-14(17)9-6-12/h2-11H,17H2,1H3/b10-7+. The molecule has 0 atom stereocenters. The molecule has 0 radical (unpaired) electrons. The maximum absolute atomic E-state index is 12.0. The first kappa shape index (κ1) is 12.9. The summed E-state index contributed by atoms with van der Waals surface area (Å²) in [6.07, 6.45) is 3.31. The molecule has 0 amide bonds. The Bertz CT molecular complexity index is 600. The quantitative estimate of drug-likeness (QED) is 0.517. The fourth-order valence-electron chi connectivity index (χ4n) is 1.65. The maximum atomic E-state index is 12.0. The third-order valence-electron chi connectivity index (χ3n) is 2.72. The first-order chi connectivity index (χ1) is 9.19. The Labute approximate surface area is 112 Å². The SMILES string of the molecule is COc1cccc(C(=O)/C=C/c2ccc(N)cc2)c1. The highest BCUT2D eigenvalue weighted by molar-refractivity contribution is 6.07. The van der Waals surface area contributed by atoms with E-state index < -0.39 is 0 Å². The van der Waals surface area contributed by atoms with Gasteiger partial charge in [0.1, 0.15) is 5.75 Å². The minimum absolute atomic E-state index is 0.0595. The molecule has 96 valence electrons. The van der Waals surface area contributed by atoms with Crippen LogP contribution in [0.15, 0.2) is 54.6 Å². The molecule has 0 aliphatic heterocycles. The largest absolute Gasteiger partial charge is 0.497 e. The van der Waals surface area contributed by atoms with Gasteiger partial charge in [-0.3, -0.25) is 4.79 Å². The number of hydrogen-bond acceptors (Lipinski definition) is 3. The molecular weight excluding hydrogens is 238 g/mol. The van der Waals surface area contributed by atoms with E-state index in [0.717, 1.165) is 5.56 Å². The van der Waals surface area contributed by atoms with E-state index in [4.69, 9.17) is 10.5 Å². The van der Waals surface area contributed by atoms with Gasteiger partial charge in [0.05, 0.1) is 7.11 Å². The minimum atomic E-state index is -0.0595. The lowest BCUT2D eigenvalue weighted by Crippen LogP contribution is -1.94. The van der Waals surface area contributed by atoms with Gasteiger partial charge in [-0.2, -0.15) is 0 Å². The van der Waals surface area contributed by atoms with Crippen molar-refractivity contribution >= 4 is 17.5 Å². The fourth-order valence-corrected chi connectivity index (χ4v) is 1.65. The van der Waals surface area contributed by atoms with E-state index >= 15 is 0 Å². The van der Waals surface area contributed by atoms with Gasteiger partial charge in [-0.1, -0.05) is 30.3 Å². The minimum Gasteiger partial charge on any atom is -0.497 e. The average Bonchev–Trinajstić information content (AvgIpc) is 2.46. The molecule has 3 heteroatoms. The molecule has 0 heterocycles. The molecule has 0 saturated heterocycles. The summed E-state index contributed by atoms with van der Waals surface area (Å²) in [6, 6.07) is 14.4. The number of carbonyl (C=O) groups excluding carboxylic acids is 1. The molecular formula is C16H15NO2. The predicted octanol–water partition coefficient (Wildman–Crippen LogP) is 3.17. The summed E-state index contributed by atoms with van der Waals surface area (Å²) >= 11 is 0. The number of rotatable bonds is 4. The van der Waals surface area contributed by atoms with Gasteiger partial charge in [0.2, 0.25) is 0 Å². The summed E-state index contributed by atoms with van der Waals surface area (Å²) in [5.41, 5.74) is 7.84. The number of carbonyl (C=O) groups is 1. The van der Waals surface area contributed by atoms with Crippen LogP contribution >= 0.6 is 0 Å². The molecule has 0 aliphatic carbocycles. The van der Waals surface area contributed by atoms with Crippen molar-refractivity contribution in [3.63, 3.8) is 0 Å². The number of allylic oxidation sites excluding steroid dienone is 1. The van der Waals surface area contributed by atoms with Crippen LogP contribution < -0.4 is 10.5 Å². The first-order valence-electron chi connectivity index (χ1n) is 5.91. The first-order valence-corrected chi connectivity index (χ1v) is 5.91. The van der Waals surface area contributed by atoms with Gasteiger partial charge in [-0.15, -0.1) is 0 Å². The van der Waals surface area contributed by atoms with Gasteiger partial charge in [0.25, 0.3) is 0 Å². The predicted molar refractivity (Wildman–Crippen MR) is 77.2 cm³/mol. The Kier molecular flexibility index (Phi) is 3.98. The summed E-state index contributed by atoms with van der Waals surface area (Å²) in [4.78, 5) is 12.0. The van der Waals surface area contributed by atoms with E-state index in [1.807, 2.05) is 12.1 Å². The monoisotopic (exact) mass is 253 g/mol. The van der Waals surface area contributed by atoms with Gasteiger partial charge < -0.3 is 10.5 Å². The normalized spacial score (nSPS) is 10.6. The van der Waals surface area contributed by atoms with E-state index in [0.29, 0.717) is 17.0 Å². The van der Waals surface area contributed by atoms with Crippen molar-refractivity contribution in [3.8, 4) is 5.75 Å². The summed E-state index contributed by atoms with van der Waals surface area (Å²) in [5, 5.41) is 0. The van der Waals surface area contributed by atoms with Crippen LogP contribution in [0.25, 0.3) is 6.08 Å². The third kappa shape index (κ3) is 3.45. The van der Waals surface area contributed by atoms with Crippen molar-refractivity contribution in [1.82, 2.24) is 0 Å². The van der Waals surface area contributed by atoms with Crippen LogP contribution in [0, 0.1) is 0 Å². The second-order valence-electron chi connectivity index (χ2n) is 4.10. The zero-order chi connectivity index (χ0) is 13.7. The molecule has 2 aromatic carbocycles. The summed E-state index contributed by atoms with van der Waals surface area (Å²) < 4.78 is 5.09. The van der Waals surface area contributed by atoms with E-state index in [9.17, 15) is 4.79 Å². The van der Waals surface area contributed by atoms with Crippen LogP contribution in [0.1, 0.15) is 15.9 Å². The molecule has 3 nitrogen and oxygen atoms in total. The van der Waals surface area contributed by atoms with Gasteiger partial charge in [-0.05, 0) is 35.9 Å². The van der Waals surface area contributed by atoms with E-state index in [2.05, 4.69) is 0 Å². The van der Waals surface area contributed by atoms with Gasteiger partial charge >= 0.3 is 0 Å². The van der Waals surface area contributed by atoms with Crippen LogP contribution in [0.3, 0.4) is 0 Å².